The molecule has 18 heavy (non-hydrogen) atoms. The molecule has 0 aliphatic heterocycles. The van der Waals surface area contributed by atoms with Crippen molar-refractivity contribution in [1.29, 1.82) is 0 Å². The second kappa shape index (κ2) is 4.29. The Balaban J connectivity index is 1.97. The minimum atomic E-state index is 0.735. The van der Waals surface area contributed by atoms with Gasteiger partial charge in [-0.15, -0.1) is 5.10 Å². The highest BCUT2D eigenvalue weighted by Gasteiger charge is 2.04. The van der Waals surface area contributed by atoms with Crippen molar-refractivity contribution in [1.82, 2.24) is 20.0 Å². The summed E-state index contributed by atoms with van der Waals surface area (Å²) in [6.07, 6.45) is 5.32. The Hall–Kier alpha value is -2.69. The third kappa shape index (κ3) is 1.93. The highest BCUT2D eigenvalue weighted by molar-refractivity contribution is 5.61. The van der Waals surface area contributed by atoms with Crippen LogP contribution < -0.4 is 5.73 Å². The van der Waals surface area contributed by atoms with Gasteiger partial charge >= 0.3 is 0 Å². The average Bonchev–Trinajstić information content (AvgIpc) is 2.90. The van der Waals surface area contributed by atoms with Gasteiger partial charge in [0, 0.05) is 17.4 Å². The van der Waals surface area contributed by atoms with E-state index in [2.05, 4.69) is 15.3 Å². The van der Waals surface area contributed by atoms with E-state index in [1.165, 1.54) is 0 Å². The number of hydrogen-bond acceptors (Lipinski definition) is 4. The monoisotopic (exact) mass is 237 g/mol. The van der Waals surface area contributed by atoms with Crippen molar-refractivity contribution in [2.75, 3.05) is 5.73 Å². The van der Waals surface area contributed by atoms with Crippen LogP contribution in [-0.2, 0) is 0 Å². The van der Waals surface area contributed by atoms with E-state index < -0.39 is 0 Å². The molecule has 2 N–H and O–H groups in total. The highest BCUT2D eigenvalue weighted by atomic mass is 15.4. The SMILES string of the molecule is Nc1ccc(-c2cn(-c3cccnc3)nn2)cc1. The first-order valence-corrected chi connectivity index (χ1v) is 5.51. The van der Waals surface area contributed by atoms with Crippen LogP contribution in [0.4, 0.5) is 5.69 Å². The molecular weight excluding hydrogens is 226 g/mol. The van der Waals surface area contributed by atoms with Gasteiger partial charge < -0.3 is 5.73 Å². The first-order valence-electron chi connectivity index (χ1n) is 5.51. The molecule has 1 aromatic carbocycles. The van der Waals surface area contributed by atoms with Crippen molar-refractivity contribution in [3.8, 4) is 16.9 Å². The summed E-state index contributed by atoms with van der Waals surface area (Å²) >= 11 is 0. The number of nitrogens with zero attached hydrogens (tertiary/aromatic N) is 4. The fourth-order valence-electron chi connectivity index (χ4n) is 1.67. The predicted octanol–water partition coefficient (Wildman–Crippen LogP) is 1.91. The number of aromatic nitrogens is 4. The molecular formula is C13H11N5. The lowest BCUT2D eigenvalue weighted by Crippen LogP contribution is -1.94. The standard InChI is InChI=1S/C13H11N5/c14-11-5-3-10(4-6-11)13-9-18(17-16-13)12-2-1-7-15-8-12/h1-9H,14H2. The Morgan fingerprint density at radius 1 is 1.06 bits per heavy atom. The summed E-state index contributed by atoms with van der Waals surface area (Å²) in [6.45, 7) is 0. The fraction of sp³-hybridized carbons (Fsp3) is 0. The third-order valence-corrected chi connectivity index (χ3v) is 2.61. The van der Waals surface area contributed by atoms with Crippen molar-refractivity contribution >= 4 is 5.69 Å². The summed E-state index contributed by atoms with van der Waals surface area (Å²) in [5.74, 6) is 0. The molecule has 0 atom stereocenters. The molecule has 0 saturated heterocycles. The number of nitrogens with two attached hydrogens (primary N) is 1. The first-order chi connectivity index (χ1) is 8.83. The molecule has 0 bridgehead atoms. The Bertz CT molecular complexity index is 643. The second-order valence-electron chi connectivity index (χ2n) is 3.88. The zero-order valence-corrected chi connectivity index (χ0v) is 9.56. The van der Waals surface area contributed by atoms with Crippen LogP contribution in [0.3, 0.4) is 0 Å². The maximum Gasteiger partial charge on any atom is 0.113 e. The van der Waals surface area contributed by atoms with Crippen LogP contribution in [0.15, 0.2) is 55.0 Å². The third-order valence-electron chi connectivity index (χ3n) is 2.61. The largest absolute Gasteiger partial charge is 0.399 e. The maximum absolute atomic E-state index is 5.65. The van der Waals surface area contributed by atoms with E-state index in [-0.39, 0.29) is 0 Å². The van der Waals surface area contributed by atoms with Gasteiger partial charge in [0.15, 0.2) is 0 Å². The summed E-state index contributed by atoms with van der Waals surface area (Å²) < 4.78 is 1.69. The topological polar surface area (TPSA) is 69.6 Å². The van der Waals surface area contributed by atoms with Gasteiger partial charge in [0.25, 0.3) is 0 Å². The molecule has 0 amide bonds. The Morgan fingerprint density at radius 3 is 2.61 bits per heavy atom. The minimum absolute atomic E-state index is 0.735. The van der Waals surface area contributed by atoms with E-state index >= 15 is 0 Å². The molecule has 2 heterocycles. The maximum atomic E-state index is 5.65. The molecule has 0 fully saturated rings. The van der Waals surface area contributed by atoms with Crippen molar-refractivity contribution in [2.24, 2.45) is 0 Å². The lowest BCUT2D eigenvalue weighted by molar-refractivity contribution is 0.800. The van der Waals surface area contributed by atoms with Crippen LogP contribution in [0.2, 0.25) is 0 Å². The van der Waals surface area contributed by atoms with Crippen LogP contribution in [0.5, 0.6) is 0 Å². The van der Waals surface area contributed by atoms with Gasteiger partial charge in [-0.3, -0.25) is 4.98 Å². The Kier molecular flexibility index (Phi) is 2.49. The molecule has 2 aromatic heterocycles. The van der Waals surface area contributed by atoms with Gasteiger partial charge in [-0.2, -0.15) is 0 Å². The molecule has 0 unspecified atom stereocenters. The van der Waals surface area contributed by atoms with Crippen molar-refractivity contribution in [3.05, 3.63) is 55.0 Å². The number of hydrogen-bond donors (Lipinski definition) is 1. The van der Waals surface area contributed by atoms with E-state index in [0.717, 1.165) is 22.6 Å². The van der Waals surface area contributed by atoms with Crippen LogP contribution in [0.25, 0.3) is 16.9 Å². The summed E-state index contributed by atoms with van der Waals surface area (Å²) in [5.41, 5.74) is 9.06. The van der Waals surface area contributed by atoms with Crippen molar-refractivity contribution in [3.63, 3.8) is 0 Å². The number of pyridine rings is 1. The summed E-state index contributed by atoms with van der Waals surface area (Å²) in [7, 11) is 0. The first kappa shape index (κ1) is 10.5. The molecule has 3 rings (SSSR count). The molecule has 0 aliphatic rings. The zero-order chi connectivity index (χ0) is 12.4. The molecule has 0 spiro atoms. The predicted molar refractivity (Wildman–Crippen MR) is 69.0 cm³/mol. The zero-order valence-electron chi connectivity index (χ0n) is 9.56. The van der Waals surface area contributed by atoms with E-state index in [9.17, 15) is 0 Å². The summed E-state index contributed by atoms with van der Waals surface area (Å²) in [6, 6.07) is 11.3. The molecule has 0 aliphatic carbocycles. The van der Waals surface area contributed by atoms with Gasteiger partial charge in [-0.1, -0.05) is 17.3 Å². The van der Waals surface area contributed by atoms with E-state index in [1.54, 1.807) is 17.1 Å². The number of rotatable bonds is 2. The Labute approximate surface area is 104 Å². The normalized spacial score (nSPS) is 10.4. The van der Waals surface area contributed by atoms with Crippen LogP contribution >= 0.6 is 0 Å². The highest BCUT2D eigenvalue weighted by Crippen LogP contribution is 2.18. The quantitative estimate of drug-likeness (QED) is 0.691. The van der Waals surface area contributed by atoms with Crippen molar-refractivity contribution < 1.29 is 0 Å². The molecule has 5 heteroatoms. The van der Waals surface area contributed by atoms with Gasteiger partial charge in [0.1, 0.15) is 5.69 Å². The van der Waals surface area contributed by atoms with E-state index in [4.69, 9.17) is 5.73 Å². The molecule has 88 valence electrons. The van der Waals surface area contributed by atoms with Crippen LogP contribution in [0, 0.1) is 0 Å². The van der Waals surface area contributed by atoms with Gasteiger partial charge in [0.05, 0.1) is 18.1 Å². The molecule has 0 saturated carbocycles. The smallest absolute Gasteiger partial charge is 0.113 e. The number of nitrogen functional groups attached to an aromatic ring is 1. The Morgan fingerprint density at radius 2 is 1.89 bits per heavy atom. The van der Waals surface area contributed by atoms with Gasteiger partial charge in [-0.25, -0.2) is 4.68 Å². The summed E-state index contributed by atoms with van der Waals surface area (Å²) in [5, 5.41) is 8.22. The molecule has 3 aromatic rings. The van der Waals surface area contributed by atoms with Gasteiger partial charge in [0.2, 0.25) is 0 Å². The summed E-state index contributed by atoms with van der Waals surface area (Å²) in [4.78, 5) is 4.05. The second-order valence-corrected chi connectivity index (χ2v) is 3.88. The minimum Gasteiger partial charge on any atom is -0.399 e. The van der Waals surface area contributed by atoms with E-state index in [1.807, 2.05) is 42.6 Å². The van der Waals surface area contributed by atoms with Crippen LogP contribution in [-0.4, -0.2) is 20.0 Å². The fourth-order valence-corrected chi connectivity index (χ4v) is 1.67. The lowest BCUT2D eigenvalue weighted by atomic mass is 10.1. The number of benzene rings is 1. The van der Waals surface area contributed by atoms with Crippen LogP contribution in [0.1, 0.15) is 0 Å². The molecule has 0 radical (unpaired) electrons. The van der Waals surface area contributed by atoms with Gasteiger partial charge in [-0.05, 0) is 24.3 Å². The van der Waals surface area contributed by atoms with E-state index in [0.29, 0.717) is 0 Å². The average molecular weight is 237 g/mol. The lowest BCUT2D eigenvalue weighted by Gasteiger charge is -1.97. The van der Waals surface area contributed by atoms with Crippen molar-refractivity contribution in [2.45, 2.75) is 0 Å². The molecule has 5 nitrogen and oxygen atoms in total. The number of anilines is 1.